The second-order valence-electron chi connectivity index (χ2n) is 5.87. The largest absolute Gasteiger partial charge is 0.497 e. The predicted molar refractivity (Wildman–Crippen MR) is 88.2 cm³/mol. The summed E-state index contributed by atoms with van der Waals surface area (Å²) in [5, 5.41) is 7.86. The van der Waals surface area contributed by atoms with Gasteiger partial charge in [-0.3, -0.25) is 9.48 Å². The number of hydrogen-bond donors (Lipinski definition) is 0. The highest BCUT2D eigenvalue weighted by Gasteiger charge is 2.28. The van der Waals surface area contributed by atoms with Crippen LogP contribution in [0.3, 0.4) is 0 Å². The van der Waals surface area contributed by atoms with Crippen LogP contribution < -0.4 is 9.47 Å². The molecule has 1 amide bonds. The highest BCUT2D eigenvalue weighted by Crippen LogP contribution is 2.26. The van der Waals surface area contributed by atoms with E-state index in [0.717, 1.165) is 25.8 Å². The molecule has 0 radical (unpaired) electrons. The third-order valence-corrected chi connectivity index (χ3v) is 4.36. The monoisotopic (exact) mass is 330 g/mol. The molecule has 7 heteroatoms. The normalized spacial score (nSPS) is 17.6. The first kappa shape index (κ1) is 16.3. The van der Waals surface area contributed by atoms with Gasteiger partial charge >= 0.3 is 0 Å². The molecule has 2 aromatic rings. The molecule has 1 saturated heterocycles. The lowest BCUT2D eigenvalue weighted by Crippen LogP contribution is -2.46. The average Bonchev–Trinajstić information content (AvgIpc) is 3.14. The molecule has 0 bridgehead atoms. The maximum atomic E-state index is 13.0. The van der Waals surface area contributed by atoms with Crippen molar-refractivity contribution in [3.05, 3.63) is 36.2 Å². The first-order chi connectivity index (χ1) is 11.7. The number of nitrogens with zero attached hydrogens (tertiary/aromatic N) is 4. The minimum absolute atomic E-state index is 0.00276. The zero-order chi connectivity index (χ0) is 16.9. The van der Waals surface area contributed by atoms with Gasteiger partial charge in [0, 0.05) is 24.4 Å². The fourth-order valence-electron chi connectivity index (χ4n) is 3.10. The molecule has 1 fully saturated rings. The number of amides is 1. The molecular formula is C17H22N4O3. The molecule has 24 heavy (non-hydrogen) atoms. The van der Waals surface area contributed by atoms with E-state index in [1.54, 1.807) is 43.3 Å². The molecule has 2 heterocycles. The van der Waals surface area contributed by atoms with Crippen LogP contribution in [-0.4, -0.2) is 52.6 Å². The van der Waals surface area contributed by atoms with Gasteiger partial charge in [-0.2, -0.15) is 0 Å². The molecular weight excluding hydrogens is 308 g/mol. The molecule has 1 aromatic carbocycles. The van der Waals surface area contributed by atoms with Crippen molar-refractivity contribution in [1.82, 2.24) is 19.9 Å². The second kappa shape index (κ2) is 7.33. The summed E-state index contributed by atoms with van der Waals surface area (Å²) < 4.78 is 12.3. The molecule has 0 N–H and O–H groups in total. The molecule has 3 rings (SSSR count). The lowest BCUT2D eigenvalue weighted by molar-refractivity contribution is 0.0582. The van der Waals surface area contributed by atoms with E-state index < -0.39 is 0 Å². The number of aromatic nitrogens is 3. The summed E-state index contributed by atoms with van der Waals surface area (Å²) in [5.41, 5.74) is 0.580. The summed E-state index contributed by atoms with van der Waals surface area (Å²) in [7, 11) is 3.16. The maximum absolute atomic E-state index is 13.0. The Hall–Kier alpha value is -2.57. The molecule has 7 nitrogen and oxygen atoms in total. The first-order valence-corrected chi connectivity index (χ1v) is 8.09. The van der Waals surface area contributed by atoms with Crippen LogP contribution in [0.4, 0.5) is 0 Å². The predicted octanol–water partition coefficient (Wildman–Crippen LogP) is 1.99. The van der Waals surface area contributed by atoms with Crippen molar-refractivity contribution in [2.75, 3.05) is 20.8 Å². The number of rotatable bonds is 5. The summed E-state index contributed by atoms with van der Waals surface area (Å²) in [6, 6.07) is 5.39. The Labute approximate surface area is 141 Å². The summed E-state index contributed by atoms with van der Waals surface area (Å²) in [4.78, 5) is 15.0. The molecule has 0 spiro atoms. The minimum atomic E-state index is -0.00276. The number of carbonyl (C=O) groups is 1. The summed E-state index contributed by atoms with van der Waals surface area (Å²) >= 11 is 0. The van der Waals surface area contributed by atoms with Crippen LogP contribution in [0.25, 0.3) is 0 Å². The van der Waals surface area contributed by atoms with E-state index in [0.29, 0.717) is 23.6 Å². The maximum Gasteiger partial charge on any atom is 0.254 e. The topological polar surface area (TPSA) is 69.5 Å². The summed E-state index contributed by atoms with van der Waals surface area (Å²) in [5.74, 6) is 1.22. The quantitative estimate of drug-likeness (QED) is 0.838. The van der Waals surface area contributed by atoms with Crippen LogP contribution in [0.2, 0.25) is 0 Å². The number of piperidine rings is 1. The minimum Gasteiger partial charge on any atom is -0.497 e. The van der Waals surface area contributed by atoms with E-state index in [-0.39, 0.29) is 11.9 Å². The summed E-state index contributed by atoms with van der Waals surface area (Å²) in [6.07, 6.45) is 6.58. The Morgan fingerprint density at radius 1 is 1.21 bits per heavy atom. The number of ether oxygens (including phenoxy) is 2. The third kappa shape index (κ3) is 3.50. The van der Waals surface area contributed by atoms with Crippen molar-refractivity contribution in [2.45, 2.75) is 31.8 Å². The fourth-order valence-corrected chi connectivity index (χ4v) is 3.10. The molecule has 1 aliphatic rings. The van der Waals surface area contributed by atoms with E-state index in [4.69, 9.17) is 9.47 Å². The van der Waals surface area contributed by atoms with Gasteiger partial charge in [-0.15, -0.1) is 5.10 Å². The number of carbonyl (C=O) groups excluding carboxylic acids is 1. The van der Waals surface area contributed by atoms with Gasteiger partial charge in [0.2, 0.25) is 0 Å². The first-order valence-electron chi connectivity index (χ1n) is 8.09. The SMILES string of the molecule is COc1cc(OC)cc(C(=O)N2CCCCC2Cn2ccnn2)c1. The van der Waals surface area contributed by atoms with Crippen LogP contribution >= 0.6 is 0 Å². The van der Waals surface area contributed by atoms with Gasteiger partial charge in [0.05, 0.1) is 33.0 Å². The lowest BCUT2D eigenvalue weighted by atomic mass is 10.0. The van der Waals surface area contributed by atoms with Crippen LogP contribution in [-0.2, 0) is 6.54 Å². The van der Waals surface area contributed by atoms with Crippen molar-refractivity contribution < 1.29 is 14.3 Å². The molecule has 1 aliphatic heterocycles. The van der Waals surface area contributed by atoms with E-state index >= 15 is 0 Å². The molecule has 128 valence electrons. The van der Waals surface area contributed by atoms with Crippen LogP contribution in [0.15, 0.2) is 30.6 Å². The van der Waals surface area contributed by atoms with E-state index in [1.807, 2.05) is 11.1 Å². The fraction of sp³-hybridized carbons (Fsp3) is 0.471. The van der Waals surface area contributed by atoms with E-state index in [2.05, 4.69) is 10.3 Å². The van der Waals surface area contributed by atoms with Gasteiger partial charge in [0.25, 0.3) is 5.91 Å². The highest BCUT2D eigenvalue weighted by atomic mass is 16.5. The highest BCUT2D eigenvalue weighted by molar-refractivity contribution is 5.95. The van der Waals surface area contributed by atoms with Crippen LogP contribution in [0, 0.1) is 0 Å². The summed E-state index contributed by atoms with van der Waals surface area (Å²) in [6.45, 7) is 1.41. The van der Waals surface area contributed by atoms with Crippen molar-refractivity contribution in [2.24, 2.45) is 0 Å². The molecule has 0 aliphatic carbocycles. The molecule has 1 atom stereocenters. The van der Waals surface area contributed by atoms with Crippen molar-refractivity contribution in [1.29, 1.82) is 0 Å². The molecule has 1 aromatic heterocycles. The Bertz CT molecular complexity index is 665. The van der Waals surface area contributed by atoms with Crippen LogP contribution in [0.1, 0.15) is 29.6 Å². The molecule has 0 saturated carbocycles. The average molecular weight is 330 g/mol. The zero-order valence-corrected chi connectivity index (χ0v) is 14.0. The number of hydrogen-bond acceptors (Lipinski definition) is 5. The Balaban J connectivity index is 1.83. The third-order valence-electron chi connectivity index (χ3n) is 4.36. The number of benzene rings is 1. The van der Waals surface area contributed by atoms with Gasteiger partial charge in [-0.25, -0.2) is 0 Å². The Morgan fingerprint density at radius 2 is 1.96 bits per heavy atom. The van der Waals surface area contributed by atoms with Crippen LogP contribution in [0.5, 0.6) is 11.5 Å². The van der Waals surface area contributed by atoms with Gasteiger partial charge in [-0.05, 0) is 31.4 Å². The number of likely N-dealkylation sites (tertiary alicyclic amines) is 1. The zero-order valence-electron chi connectivity index (χ0n) is 14.0. The van der Waals surface area contributed by atoms with Crippen molar-refractivity contribution in [3.63, 3.8) is 0 Å². The number of methoxy groups -OCH3 is 2. The lowest BCUT2D eigenvalue weighted by Gasteiger charge is -2.35. The van der Waals surface area contributed by atoms with Crippen molar-refractivity contribution >= 4 is 5.91 Å². The van der Waals surface area contributed by atoms with Crippen molar-refractivity contribution in [3.8, 4) is 11.5 Å². The van der Waals surface area contributed by atoms with Gasteiger partial charge < -0.3 is 14.4 Å². The van der Waals surface area contributed by atoms with E-state index in [1.165, 1.54) is 0 Å². The Morgan fingerprint density at radius 3 is 2.58 bits per heavy atom. The standard InChI is InChI=1S/C17H22N4O3/c1-23-15-9-13(10-16(11-15)24-2)17(22)21-7-4-3-5-14(21)12-20-8-6-18-19-20/h6,8-11,14H,3-5,7,12H2,1-2H3. The second-order valence-corrected chi connectivity index (χ2v) is 5.87. The van der Waals surface area contributed by atoms with Gasteiger partial charge in [0.15, 0.2) is 0 Å². The Kier molecular flexibility index (Phi) is 4.98. The van der Waals surface area contributed by atoms with Gasteiger partial charge in [0.1, 0.15) is 11.5 Å². The smallest absolute Gasteiger partial charge is 0.254 e. The van der Waals surface area contributed by atoms with Gasteiger partial charge in [-0.1, -0.05) is 5.21 Å². The molecule has 1 unspecified atom stereocenters. The van der Waals surface area contributed by atoms with E-state index in [9.17, 15) is 4.79 Å².